The molecular weight excluding hydrogens is 136 g/mol. The Balaban J connectivity index is 2.67. The van der Waals surface area contributed by atoms with Crippen LogP contribution in [0.15, 0.2) is 0 Å². The monoisotopic (exact) mass is 142 g/mol. The van der Waals surface area contributed by atoms with Crippen LogP contribution in [-0.2, 0) is 11.2 Å². The third-order valence-electron chi connectivity index (χ3n) is 0.911. The number of nitrogens with two attached hydrogens (primary N) is 1. The molecule has 0 fully saturated rings. The first kappa shape index (κ1) is 6.53. The molecule has 0 aliphatic heterocycles. The molecule has 1 heterocycles. The number of aromatic nitrogens is 3. The number of aromatic amines is 2. The van der Waals surface area contributed by atoms with Crippen molar-refractivity contribution in [1.29, 1.82) is 0 Å². The number of nitrogen functional groups attached to an aromatic ring is 1. The Kier molecular flexibility index (Phi) is 1.53. The normalized spacial score (nSPS) is 9.60. The minimum atomic E-state index is -1.18. The second-order valence-electron chi connectivity index (χ2n) is 1.76. The largest absolute Gasteiger partial charge is 0.550 e. The highest BCUT2D eigenvalue weighted by Crippen LogP contribution is 1.84. The molecule has 0 unspecified atom stereocenters. The van der Waals surface area contributed by atoms with Crippen molar-refractivity contribution in [3.63, 3.8) is 0 Å². The zero-order chi connectivity index (χ0) is 7.56. The minimum Gasteiger partial charge on any atom is -0.550 e. The molecule has 54 valence electrons. The lowest BCUT2D eigenvalue weighted by molar-refractivity contribution is -0.375. The SMILES string of the molecule is Nc1n[nH]c(CC(=O)[O-])[nH+]1. The van der Waals surface area contributed by atoms with Crippen molar-refractivity contribution in [2.75, 3.05) is 5.73 Å². The number of carboxylic acid groups (broad SMARTS) is 1. The highest BCUT2D eigenvalue weighted by atomic mass is 16.4. The summed E-state index contributed by atoms with van der Waals surface area (Å²) in [6.07, 6.45) is -0.232. The Labute approximate surface area is 56.1 Å². The second kappa shape index (κ2) is 2.34. The number of aliphatic carboxylic acids is 1. The molecule has 6 heteroatoms. The fourth-order valence-electron chi connectivity index (χ4n) is 0.566. The Morgan fingerprint density at radius 3 is 3.00 bits per heavy atom. The standard InChI is InChI=1S/C4H6N4O2/c5-4-6-2(7-8-4)1-3(9)10/h1H2,(H,9,10)(H3,5,6,7,8). The van der Waals surface area contributed by atoms with Crippen LogP contribution in [0.3, 0.4) is 0 Å². The van der Waals surface area contributed by atoms with Crippen molar-refractivity contribution in [3.05, 3.63) is 5.82 Å². The molecule has 0 amide bonds. The molecular formula is C4H6N4O2. The van der Waals surface area contributed by atoms with E-state index in [2.05, 4.69) is 15.2 Å². The van der Waals surface area contributed by atoms with Crippen molar-refractivity contribution in [3.8, 4) is 0 Å². The van der Waals surface area contributed by atoms with Gasteiger partial charge in [-0.1, -0.05) is 0 Å². The maximum atomic E-state index is 9.96. The summed E-state index contributed by atoms with van der Waals surface area (Å²) >= 11 is 0. The summed E-state index contributed by atoms with van der Waals surface area (Å²) in [6, 6.07) is 0. The molecule has 0 bridgehead atoms. The van der Waals surface area contributed by atoms with Gasteiger partial charge in [0.15, 0.2) is 0 Å². The first-order valence-corrected chi connectivity index (χ1v) is 2.60. The molecule has 1 rings (SSSR count). The van der Waals surface area contributed by atoms with Gasteiger partial charge in [0.25, 0.3) is 0 Å². The Bertz CT molecular complexity index is 243. The molecule has 0 atom stereocenters. The highest BCUT2D eigenvalue weighted by molar-refractivity contribution is 5.66. The van der Waals surface area contributed by atoms with E-state index >= 15 is 0 Å². The molecule has 0 spiro atoms. The van der Waals surface area contributed by atoms with E-state index in [0.29, 0.717) is 5.82 Å². The van der Waals surface area contributed by atoms with Gasteiger partial charge in [-0.25, -0.2) is 4.98 Å². The van der Waals surface area contributed by atoms with Crippen LogP contribution < -0.4 is 15.8 Å². The average Bonchev–Trinajstić information content (AvgIpc) is 2.13. The fraction of sp³-hybridized carbons (Fsp3) is 0.250. The number of hydrogen-bond donors (Lipinski definition) is 2. The van der Waals surface area contributed by atoms with Crippen LogP contribution in [0.4, 0.5) is 5.95 Å². The number of carbonyl (C=O) groups is 1. The summed E-state index contributed by atoms with van der Waals surface area (Å²) in [6.45, 7) is 0. The maximum Gasteiger partial charge on any atom is 0.372 e. The molecule has 0 saturated carbocycles. The van der Waals surface area contributed by atoms with Gasteiger partial charge in [0.1, 0.15) is 0 Å². The van der Waals surface area contributed by atoms with Gasteiger partial charge >= 0.3 is 5.95 Å². The van der Waals surface area contributed by atoms with E-state index in [9.17, 15) is 9.90 Å². The molecule has 10 heavy (non-hydrogen) atoms. The van der Waals surface area contributed by atoms with Crippen LogP contribution in [-0.4, -0.2) is 16.2 Å². The predicted octanol–water partition coefficient (Wildman–Crippen LogP) is -2.90. The summed E-state index contributed by atoms with van der Waals surface area (Å²) in [4.78, 5) is 12.5. The van der Waals surface area contributed by atoms with E-state index in [1.165, 1.54) is 0 Å². The highest BCUT2D eigenvalue weighted by Gasteiger charge is 2.03. The molecule has 4 N–H and O–H groups in total. The van der Waals surface area contributed by atoms with E-state index in [1.54, 1.807) is 0 Å². The predicted molar refractivity (Wildman–Crippen MR) is 28.3 cm³/mol. The third-order valence-corrected chi connectivity index (χ3v) is 0.911. The first-order chi connectivity index (χ1) is 4.68. The lowest BCUT2D eigenvalue weighted by Gasteiger charge is -1.91. The summed E-state index contributed by atoms with van der Waals surface area (Å²) < 4.78 is 0. The van der Waals surface area contributed by atoms with E-state index in [4.69, 9.17) is 5.73 Å². The van der Waals surface area contributed by atoms with Gasteiger partial charge in [0.05, 0.1) is 12.4 Å². The van der Waals surface area contributed by atoms with E-state index in [1.807, 2.05) is 0 Å². The number of carbonyl (C=O) groups excluding carboxylic acids is 1. The van der Waals surface area contributed by atoms with Gasteiger partial charge in [0, 0.05) is 5.10 Å². The molecule has 1 aromatic rings. The van der Waals surface area contributed by atoms with Crippen molar-refractivity contribution in [2.24, 2.45) is 0 Å². The maximum absolute atomic E-state index is 9.96. The molecule has 1 aromatic heterocycles. The molecule has 6 nitrogen and oxygen atoms in total. The summed E-state index contributed by atoms with van der Waals surface area (Å²) in [5.74, 6) is -0.686. The van der Waals surface area contributed by atoms with Crippen LogP contribution >= 0.6 is 0 Å². The van der Waals surface area contributed by atoms with Crippen molar-refractivity contribution >= 4 is 11.9 Å². The third kappa shape index (κ3) is 1.44. The summed E-state index contributed by atoms with van der Waals surface area (Å²) in [7, 11) is 0. The lowest BCUT2D eigenvalue weighted by Crippen LogP contribution is -2.27. The molecule has 0 aliphatic rings. The zero-order valence-corrected chi connectivity index (χ0v) is 5.05. The van der Waals surface area contributed by atoms with E-state index in [-0.39, 0.29) is 12.4 Å². The number of H-pyrrole nitrogens is 2. The van der Waals surface area contributed by atoms with Crippen molar-refractivity contribution in [1.82, 2.24) is 10.2 Å². The molecule has 0 aliphatic carbocycles. The van der Waals surface area contributed by atoms with E-state index in [0.717, 1.165) is 0 Å². The van der Waals surface area contributed by atoms with E-state index < -0.39 is 5.97 Å². The number of nitrogens with zero attached hydrogens (tertiary/aromatic N) is 1. The zero-order valence-electron chi connectivity index (χ0n) is 5.05. The molecule has 0 aromatic carbocycles. The van der Waals surface area contributed by atoms with Crippen LogP contribution in [0.25, 0.3) is 0 Å². The van der Waals surface area contributed by atoms with Gasteiger partial charge < -0.3 is 15.6 Å². The molecule has 0 radical (unpaired) electrons. The fourth-order valence-corrected chi connectivity index (χ4v) is 0.566. The quantitative estimate of drug-likeness (QED) is 0.461. The molecule has 0 saturated heterocycles. The van der Waals surface area contributed by atoms with Gasteiger partial charge in [-0.3, -0.25) is 0 Å². The van der Waals surface area contributed by atoms with Gasteiger partial charge in [0.2, 0.25) is 5.82 Å². The Hall–Kier alpha value is -1.59. The summed E-state index contributed by atoms with van der Waals surface area (Å²) in [5.41, 5.74) is 5.14. The average molecular weight is 142 g/mol. The van der Waals surface area contributed by atoms with Gasteiger partial charge in [-0.05, 0) is 0 Å². The van der Waals surface area contributed by atoms with Crippen LogP contribution in [0.1, 0.15) is 5.82 Å². The smallest absolute Gasteiger partial charge is 0.372 e. The Morgan fingerprint density at radius 1 is 1.90 bits per heavy atom. The van der Waals surface area contributed by atoms with Crippen LogP contribution in [0, 0.1) is 0 Å². The van der Waals surface area contributed by atoms with Gasteiger partial charge in [-0.15, -0.1) is 0 Å². The van der Waals surface area contributed by atoms with Crippen molar-refractivity contribution in [2.45, 2.75) is 6.42 Å². The number of nitrogens with one attached hydrogen (secondary N) is 2. The first-order valence-electron chi connectivity index (χ1n) is 2.60. The number of anilines is 1. The lowest BCUT2D eigenvalue weighted by atomic mass is 10.4. The van der Waals surface area contributed by atoms with Crippen LogP contribution in [0.2, 0.25) is 0 Å². The number of hydrogen-bond acceptors (Lipinski definition) is 4. The second-order valence-corrected chi connectivity index (χ2v) is 1.76. The summed E-state index contributed by atoms with van der Waals surface area (Å²) in [5, 5.41) is 15.8. The van der Waals surface area contributed by atoms with Gasteiger partial charge in [-0.2, -0.15) is 5.10 Å². The number of rotatable bonds is 2. The Morgan fingerprint density at radius 2 is 2.60 bits per heavy atom. The minimum absolute atomic E-state index is 0.163. The van der Waals surface area contributed by atoms with Crippen LogP contribution in [0.5, 0.6) is 0 Å². The topological polar surface area (TPSA) is 109 Å². The van der Waals surface area contributed by atoms with Crippen molar-refractivity contribution < 1.29 is 14.9 Å². The number of carboxylic acids is 1.